The zero-order valence-electron chi connectivity index (χ0n) is 14.2. The van der Waals surface area contributed by atoms with Crippen molar-refractivity contribution in [1.82, 2.24) is 5.32 Å². The monoisotopic (exact) mass is 348 g/mol. The van der Waals surface area contributed by atoms with E-state index in [-0.39, 0.29) is 18.7 Å². The molecular formula is C17H20N2O6. The molecule has 2 rings (SSSR count). The Morgan fingerprint density at radius 3 is 2.60 bits per heavy atom. The van der Waals surface area contributed by atoms with Crippen molar-refractivity contribution in [3.63, 3.8) is 0 Å². The summed E-state index contributed by atoms with van der Waals surface area (Å²) in [6.45, 7) is 4.23. The topological polar surface area (TPSA) is 113 Å². The van der Waals surface area contributed by atoms with Crippen LogP contribution in [0.2, 0.25) is 0 Å². The van der Waals surface area contributed by atoms with Gasteiger partial charge in [-0.2, -0.15) is 0 Å². The first-order valence-corrected chi connectivity index (χ1v) is 7.89. The summed E-state index contributed by atoms with van der Waals surface area (Å²) < 4.78 is 5.50. The molecule has 0 saturated heterocycles. The molecule has 2 amide bonds. The molecule has 2 atom stereocenters. The van der Waals surface area contributed by atoms with E-state index in [1.807, 2.05) is 0 Å². The van der Waals surface area contributed by atoms with Crippen LogP contribution in [0.1, 0.15) is 37.6 Å². The second kappa shape index (κ2) is 7.33. The first-order valence-electron chi connectivity index (χ1n) is 7.89. The van der Waals surface area contributed by atoms with Crippen LogP contribution in [0.5, 0.6) is 5.75 Å². The van der Waals surface area contributed by atoms with Crippen LogP contribution in [0.15, 0.2) is 18.2 Å². The first-order chi connectivity index (χ1) is 11.7. The summed E-state index contributed by atoms with van der Waals surface area (Å²) in [5.74, 6) is -1.98. The van der Waals surface area contributed by atoms with Gasteiger partial charge in [-0.1, -0.05) is 6.92 Å². The highest BCUT2D eigenvalue weighted by Crippen LogP contribution is 2.34. The Morgan fingerprint density at radius 2 is 2.04 bits per heavy atom. The van der Waals surface area contributed by atoms with Gasteiger partial charge in [0.05, 0.1) is 5.69 Å². The number of hydrogen-bond acceptors (Lipinski definition) is 5. The fourth-order valence-electron chi connectivity index (χ4n) is 2.51. The quantitative estimate of drug-likeness (QED) is 0.741. The van der Waals surface area contributed by atoms with E-state index < -0.39 is 29.9 Å². The zero-order valence-corrected chi connectivity index (χ0v) is 14.2. The lowest BCUT2D eigenvalue weighted by atomic mass is 10.1. The number of ether oxygens (including phenoxy) is 1. The highest BCUT2D eigenvalue weighted by molar-refractivity contribution is 6.05. The number of carbonyl (C=O) groups excluding carboxylic acids is 3. The maximum atomic E-state index is 12.4. The van der Waals surface area contributed by atoms with E-state index >= 15 is 0 Å². The highest BCUT2D eigenvalue weighted by atomic mass is 16.5. The van der Waals surface area contributed by atoms with E-state index in [9.17, 15) is 19.2 Å². The van der Waals surface area contributed by atoms with E-state index in [1.165, 1.54) is 17.9 Å². The highest BCUT2D eigenvalue weighted by Gasteiger charge is 2.33. The van der Waals surface area contributed by atoms with Crippen molar-refractivity contribution in [2.75, 3.05) is 11.4 Å². The smallest absolute Gasteiger partial charge is 0.326 e. The fraction of sp³-hybridized carbons (Fsp3) is 0.412. The minimum absolute atomic E-state index is 0.185. The van der Waals surface area contributed by atoms with Gasteiger partial charge in [-0.3, -0.25) is 19.3 Å². The first kappa shape index (κ1) is 18.4. The summed E-state index contributed by atoms with van der Waals surface area (Å²) in [5, 5.41) is 11.4. The minimum atomic E-state index is -1.14. The number of nitrogens with zero attached hydrogens (tertiary/aromatic N) is 1. The third-order valence-electron chi connectivity index (χ3n) is 3.92. The Balaban J connectivity index is 2.29. The van der Waals surface area contributed by atoms with E-state index in [0.29, 0.717) is 17.0 Å². The normalized spacial score (nSPS) is 17.3. The summed E-state index contributed by atoms with van der Waals surface area (Å²) in [5.41, 5.74) is 0.696. The van der Waals surface area contributed by atoms with Crippen LogP contribution in [0.4, 0.5) is 5.69 Å². The number of anilines is 1. The molecule has 0 radical (unpaired) electrons. The zero-order chi connectivity index (χ0) is 18.7. The van der Waals surface area contributed by atoms with Gasteiger partial charge in [0.2, 0.25) is 5.91 Å². The molecule has 8 nitrogen and oxygen atoms in total. The molecule has 134 valence electrons. The Labute approximate surface area is 144 Å². The molecule has 1 aromatic carbocycles. The molecule has 1 aliphatic rings. The Hall–Kier alpha value is -2.90. The number of rotatable bonds is 6. The number of ketones is 1. The minimum Gasteiger partial charge on any atom is -0.480 e. The van der Waals surface area contributed by atoms with E-state index in [2.05, 4.69) is 5.32 Å². The van der Waals surface area contributed by atoms with Crippen LogP contribution >= 0.6 is 0 Å². The van der Waals surface area contributed by atoms with Crippen molar-refractivity contribution in [1.29, 1.82) is 0 Å². The number of carboxylic acids is 1. The Bertz CT molecular complexity index is 730. The van der Waals surface area contributed by atoms with E-state index in [1.54, 1.807) is 26.0 Å². The van der Waals surface area contributed by atoms with Gasteiger partial charge in [0.1, 0.15) is 18.3 Å². The maximum Gasteiger partial charge on any atom is 0.326 e. The van der Waals surface area contributed by atoms with E-state index in [0.717, 1.165) is 0 Å². The number of amides is 2. The summed E-state index contributed by atoms with van der Waals surface area (Å²) >= 11 is 0. The second-order valence-electron chi connectivity index (χ2n) is 5.79. The lowest BCUT2D eigenvalue weighted by Crippen LogP contribution is -2.51. The van der Waals surface area contributed by atoms with Crippen LogP contribution in [0.3, 0.4) is 0 Å². The third-order valence-corrected chi connectivity index (χ3v) is 3.92. The molecule has 2 N–H and O–H groups in total. The number of fused-ring (bicyclic) bond motifs is 1. The van der Waals surface area contributed by atoms with Crippen molar-refractivity contribution >= 4 is 29.3 Å². The van der Waals surface area contributed by atoms with Gasteiger partial charge >= 0.3 is 5.97 Å². The molecule has 0 saturated carbocycles. The van der Waals surface area contributed by atoms with Gasteiger partial charge in [0.25, 0.3) is 5.91 Å². The number of carbonyl (C=O) groups is 4. The molecule has 0 fully saturated rings. The Morgan fingerprint density at radius 1 is 1.36 bits per heavy atom. The van der Waals surface area contributed by atoms with Crippen LogP contribution in [-0.2, 0) is 14.4 Å². The standard InChI is InChI=1S/C17H20N2O6/c1-4-12(17(23)24)18-15(21)8-19-13-7-11(9(2)20)5-6-14(13)25-10(3)16(19)22/h5-7,10,12H,4,8H2,1-3H3,(H,18,21)(H,23,24). The van der Waals surface area contributed by atoms with Gasteiger partial charge in [-0.25, -0.2) is 4.79 Å². The summed E-state index contributed by atoms with van der Waals surface area (Å²) in [7, 11) is 0. The maximum absolute atomic E-state index is 12.4. The largest absolute Gasteiger partial charge is 0.480 e. The number of aliphatic carboxylic acids is 1. The van der Waals surface area contributed by atoms with Gasteiger partial charge in [-0.15, -0.1) is 0 Å². The molecule has 1 heterocycles. The van der Waals surface area contributed by atoms with Crippen LogP contribution in [0, 0.1) is 0 Å². The van der Waals surface area contributed by atoms with Crippen molar-refractivity contribution < 1.29 is 29.0 Å². The molecule has 2 unspecified atom stereocenters. The van der Waals surface area contributed by atoms with E-state index in [4.69, 9.17) is 9.84 Å². The van der Waals surface area contributed by atoms with Crippen molar-refractivity contribution in [3.05, 3.63) is 23.8 Å². The molecule has 0 aliphatic carbocycles. The molecule has 0 aromatic heterocycles. The predicted octanol–water partition coefficient (Wildman–Crippen LogP) is 0.982. The number of benzene rings is 1. The summed E-state index contributed by atoms with van der Waals surface area (Å²) in [6.07, 6.45) is -0.565. The molecule has 0 bridgehead atoms. The average molecular weight is 348 g/mol. The molecule has 1 aromatic rings. The number of Topliss-reactive ketones (excluding diaryl/α,β-unsaturated/α-hetero) is 1. The Kier molecular flexibility index (Phi) is 5.41. The third kappa shape index (κ3) is 3.96. The van der Waals surface area contributed by atoms with Crippen molar-refractivity contribution in [2.24, 2.45) is 0 Å². The lowest BCUT2D eigenvalue weighted by molar-refractivity contribution is -0.141. The molecule has 25 heavy (non-hydrogen) atoms. The van der Waals surface area contributed by atoms with Crippen molar-refractivity contribution in [2.45, 2.75) is 39.3 Å². The number of hydrogen-bond donors (Lipinski definition) is 2. The molecule has 8 heteroatoms. The van der Waals surface area contributed by atoms with Gasteiger partial charge in [-0.05, 0) is 38.5 Å². The number of nitrogens with one attached hydrogen (secondary N) is 1. The lowest BCUT2D eigenvalue weighted by Gasteiger charge is -2.33. The molecule has 1 aliphatic heterocycles. The van der Waals surface area contributed by atoms with Gasteiger partial charge < -0.3 is 15.2 Å². The van der Waals surface area contributed by atoms with Crippen molar-refractivity contribution in [3.8, 4) is 5.75 Å². The summed E-state index contributed by atoms with van der Waals surface area (Å²) in [4.78, 5) is 48.4. The average Bonchev–Trinajstić information content (AvgIpc) is 2.56. The number of carboxylic acid groups (broad SMARTS) is 1. The molecular weight excluding hydrogens is 328 g/mol. The summed E-state index contributed by atoms with van der Waals surface area (Å²) in [6, 6.07) is 3.62. The van der Waals surface area contributed by atoms with Crippen LogP contribution in [0.25, 0.3) is 0 Å². The predicted molar refractivity (Wildman–Crippen MR) is 88.7 cm³/mol. The second-order valence-corrected chi connectivity index (χ2v) is 5.79. The van der Waals surface area contributed by atoms with Gasteiger partial charge in [0.15, 0.2) is 11.9 Å². The molecule has 0 spiro atoms. The van der Waals surface area contributed by atoms with Crippen LogP contribution in [-0.4, -0.2) is 47.4 Å². The fourth-order valence-corrected chi connectivity index (χ4v) is 2.51. The van der Waals surface area contributed by atoms with Gasteiger partial charge in [0, 0.05) is 5.56 Å². The SMILES string of the molecule is CCC(NC(=O)CN1C(=O)C(C)Oc2ccc(C(C)=O)cc21)C(=O)O. The van der Waals surface area contributed by atoms with Crippen LogP contribution < -0.4 is 15.0 Å².